The van der Waals surface area contributed by atoms with Gasteiger partial charge in [-0.15, -0.1) is 23.1 Å². The van der Waals surface area contributed by atoms with Gasteiger partial charge in [0.15, 0.2) is 11.5 Å². The number of aromatic carboxylic acids is 1. The number of benzene rings is 1. The van der Waals surface area contributed by atoms with Crippen molar-refractivity contribution in [2.45, 2.75) is 17.1 Å². The van der Waals surface area contributed by atoms with Gasteiger partial charge in [-0.05, 0) is 18.2 Å². The molecule has 0 saturated heterocycles. The molecule has 0 radical (unpaired) electrons. The summed E-state index contributed by atoms with van der Waals surface area (Å²) in [5, 5.41) is 10.8. The number of nitrogens with zero attached hydrogens (tertiary/aromatic N) is 1. The van der Waals surface area contributed by atoms with Crippen molar-refractivity contribution in [1.82, 2.24) is 4.98 Å². The monoisotopic (exact) mass is 323 g/mol. The molecule has 0 aliphatic carbocycles. The maximum atomic E-state index is 10.8. The summed E-state index contributed by atoms with van der Waals surface area (Å²) in [6, 6.07) is 5.84. The van der Waals surface area contributed by atoms with Crippen LogP contribution in [0.1, 0.15) is 21.9 Å². The van der Waals surface area contributed by atoms with Crippen molar-refractivity contribution in [2.75, 3.05) is 13.2 Å². The van der Waals surface area contributed by atoms with Crippen LogP contribution in [0.2, 0.25) is 0 Å². The summed E-state index contributed by atoms with van der Waals surface area (Å²) in [7, 11) is 0. The summed E-state index contributed by atoms with van der Waals surface area (Å²) in [5.41, 5.74) is 0.773. The molecule has 0 atom stereocenters. The molecule has 2 heterocycles. The zero-order valence-electron chi connectivity index (χ0n) is 11.1. The first-order valence-electron chi connectivity index (χ1n) is 6.42. The van der Waals surface area contributed by atoms with E-state index in [1.165, 1.54) is 0 Å². The third-order valence-electron chi connectivity index (χ3n) is 2.84. The first-order valence-corrected chi connectivity index (χ1v) is 8.29. The molecular weight excluding hydrogens is 310 g/mol. The number of rotatable bonds is 4. The molecule has 1 aliphatic rings. The molecule has 2 aromatic rings. The van der Waals surface area contributed by atoms with E-state index in [9.17, 15) is 4.79 Å². The fraction of sp³-hybridized carbons (Fsp3) is 0.286. The summed E-state index contributed by atoms with van der Waals surface area (Å²) in [6.07, 6.45) is 0.883. The van der Waals surface area contributed by atoms with Crippen molar-refractivity contribution in [1.29, 1.82) is 0 Å². The number of aromatic nitrogens is 1. The zero-order chi connectivity index (χ0) is 14.7. The van der Waals surface area contributed by atoms with Crippen LogP contribution in [-0.4, -0.2) is 29.3 Å². The SMILES string of the molecule is O=C(O)c1nc(CSc2ccc3c(c2)OCCCO3)cs1. The van der Waals surface area contributed by atoms with Gasteiger partial charge in [0.1, 0.15) is 0 Å². The second-order valence-corrected chi connectivity index (χ2v) is 6.30. The minimum Gasteiger partial charge on any atom is -0.490 e. The first-order chi connectivity index (χ1) is 10.2. The standard InChI is InChI=1S/C14H13NO4S2/c16-14(17)13-15-9(8-21-13)7-20-10-2-3-11-12(6-10)19-5-1-4-18-11/h2-3,6,8H,1,4-5,7H2,(H,16,17). The molecule has 110 valence electrons. The highest BCUT2D eigenvalue weighted by atomic mass is 32.2. The van der Waals surface area contributed by atoms with Gasteiger partial charge in [0.2, 0.25) is 5.01 Å². The average molecular weight is 323 g/mol. The van der Waals surface area contributed by atoms with E-state index in [2.05, 4.69) is 4.98 Å². The van der Waals surface area contributed by atoms with Crippen LogP contribution in [0, 0.1) is 0 Å². The molecule has 0 bridgehead atoms. The number of thioether (sulfide) groups is 1. The Labute approximate surface area is 129 Å². The lowest BCUT2D eigenvalue weighted by Crippen LogP contribution is -1.97. The molecule has 7 heteroatoms. The lowest BCUT2D eigenvalue weighted by atomic mass is 10.3. The Kier molecular flexibility index (Phi) is 4.31. The lowest BCUT2D eigenvalue weighted by Gasteiger charge is -2.08. The minimum absolute atomic E-state index is 0.129. The number of fused-ring (bicyclic) bond motifs is 1. The molecule has 5 nitrogen and oxygen atoms in total. The van der Waals surface area contributed by atoms with E-state index in [0.29, 0.717) is 19.0 Å². The highest BCUT2D eigenvalue weighted by Crippen LogP contribution is 2.34. The summed E-state index contributed by atoms with van der Waals surface area (Å²) in [6.45, 7) is 1.34. The molecule has 1 aromatic heterocycles. The van der Waals surface area contributed by atoms with E-state index >= 15 is 0 Å². The molecule has 3 rings (SSSR count). The lowest BCUT2D eigenvalue weighted by molar-refractivity contribution is 0.0696. The van der Waals surface area contributed by atoms with E-state index in [0.717, 1.165) is 39.8 Å². The van der Waals surface area contributed by atoms with Crippen molar-refractivity contribution in [3.05, 3.63) is 34.3 Å². The van der Waals surface area contributed by atoms with Gasteiger partial charge in [-0.3, -0.25) is 0 Å². The first kappa shape index (κ1) is 14.2. The van der Waals surface area contributed by atoms with Crippen molar-refractivity contribution >= 4 is 29.1 Å². The number of thiazole rings is 1. The van der Waals surface area contributed by atoms with Gasteiger partial charge in [0.25, 0.3) is 0 Å². The summed E-state index contributed by atoms with van der Waals surface area (Å²) < 4.78 is 11.2. The highest BCUT2D eigenvalue weighted by Gasteiger charge is 2.12. The van der Waals surface area contributed by atoms with Gasteiger partial charge >= 0.3 is 5.97 Å². The van der Waals surface area contributed by atoms with E-state index in [-0.39, 0.29) is 5.01 Å². The largest absolute Gasteiger partial charge is 0.490 e. The van der Waals surface area contributed by atoms with Gasteiger partial charge < -0.3 is 14.6 Å². The number of carboxylic acids is 1. The molecule has 0 amide bonds. The molecule has 0 unspecified atom stereocenters. The third kappa shape index (κ3) is 3.48. The zero-order valence-corrected chi connectivity index (χ0v) is 12.7. The molecule has 1 aromatic carbocycles. The van der Waals surface area contributed by atoms with Crippen molar-refractivity contribution in [3.8, 4) is 11.5 Å². The fourth-order valence-corrected chi connectivity index (χ4v) is 3.44. The van der Waals surface area contributed by atoms with Gasteiger partial charge in [0, 0.05) is 22.4 Å². The van der Waals surface area contributed by atoms with E-state index in [4.69, 9.17) is 14.6 Å². The smallest absolute Gasteiger partial charge is 0.365 e. The van der Waals surface area contributed by atoms with Crippen molar-refractivity contribution in [2.24, 2.45) is 0 Å². The third-order valence-corrected chi connectivity index (χ3v) is 4.75. The molecule has 0 saturated carbocycles. The van der Waals surface area contributed by atoms with E-state index in [1.54, 1.807) is 17.1 Å². The van der Waals surface area contributed by atoms with Gasteiger partial charge in [-0.25, -0.2) is 9.78 Å². The van der Waals surface area contributed by atoms with E-state index < -0.39 is 5.97 Å². The predicted octanol–water partition coefficient (Wildman–Crippen LogP) is 3.29. The second kappa shape index (κ2) is 6.36. The van der Waals surface area contributed by atoms with Crippen LogP contribution in [0.15, 0.2) is 28.5 Å². The Morgan fingerprint density at radius 3 is 2.90 bits per heavy atom. The quantitative estimate of drug-likeness (QED) is 0.871. The van der Waals surface area contributed by atoms with Gasteiger partial charge in [-0.1, -0.05) is 0 Å². The number of carbonyl (C=O) groups is 1. The Bertz CT molecular complexity index is 656. The Balaban J connectivity index is 1.67. The van der Waals surface area contributed by atoms with Gasteiger partial charge in [-0.2, -0.15) is 0 Å². The molecule has 0 spiro atoms. The molecule has 1 aliphatic heterocycles. The van der Waals surface area contributed by atoms with Crippen LogP contribution in [0.3, 0.4) is 0 Å². The number of hydrogen-bond donors (Lipinski definition) is 1. The van der Waals surface area contributed by atoms with Crippen LogP contribution < -0.4 is 9.47 Å². The average Bonchev–Trinajstić information content (AvgIpc) is 2.84. The topological polar surface area (TPSA) is 68.7 Å². The second-order valence-electron chi connectivity index (χ2n) is 4.40. The Morgan fingerprint density at radius 1 is 1.33 bits per heavy atom. The highest BCUT2D eigenvalue weighted by molar-refractivity contribution is 7.98. The van der Waals surface area contributed by atoms with E-state index in [1.807, 2.05) is 18.2 Å². The summed E-state index contributed by atoms with van der Waals surface area (Å²) >= 11 is 2.74. The number of hydrogen-bond acceptors (Lipinski definition) is 6. The van der Waals surface area contributed by atoms with Crippen LogP contribution in [0.5, 0.6) is 11.5 Å². The van der Waals surface area contributed by atoms with Gasteiger partial charge in [0.05, 0.1) is 18.9 Å². The fourth-order valence-electron chi connectivity index (χ4n) is 1.86. The predicted molar refractivity (Wildman–Crippen MR) is 80.7 cm³/mol. The Morgan fingerprint density at radius 2 is 2.14 bits per heavy atom. The normalized spacial score (nSPS) is 13.7. The van der Waals surface area contributed by atoms with Crippen LogP contribution >= 0.6 is 23.1 Å². The molecular formula is C14H13NO4S2. The molecule has 0 fully saturated rings. The summed E-state index contributed by atoms with van der Waals surface area (Å²) in [5.74, 6) is 1.19. The number of ether oxygens (including phenoxy) is 2. The van der Waals surface area contributed by atoms with Crippen LogP contribution in [-0.2, 0) is 5.75 Å². The maximum absolute atomic E-state index is 10.8. The van der Waals surface area contributed by atoms with Crippen molar-refractivity contribution in [3.63, 3.8) is 0 Å². The molecule has 21 heavy (non-hydrogen) atoms. The minimum atomic E-state index is -0.980. The maximum Gasteiger partial charge on any atom is 0.365 e. The Hall–Kier alpha value is -1.73. The van der Waals surface area contributed by atoms with Crippen LogP contribution in [0.4, 0.5) is 0 Å². The van der Waals surface area contributed by atoms with Crippen LogP contribution in [0.25, 0.3) is 0 Å². The van der Waals surface area contributed by atoms with Crippen molar-refractivity contribution < 1.29 is 19.4 Å². The summed E-state index contributed by atoms with van der Waals surface area (Å²) in [4.78, 5) is 15.9. The number of carboxylic acid groups (broad SMARTS) is 1. The molecule has 1 N–H and O–H groups in total.